The fraction of sp³-hybridized carbons (Fsp3) is 0.0667. The lowest BCUT2D eigenvalue weighted by atomic mass is 10.2. The Hall–Kier alpha value is -2.49. The maximum Gasteiger partial charge on any atom is 0.128 e. The van der Waals surface area contributed by atoms with Crippen molar-refractivity contribution in [2.45, 2.75) is 6.61 Å². The van der Waals surface area contributed by atoms with Crippen molar-refractivity contribution in [1.82, 2.24) is 4.98 Å². The third-order valence-electron chi connectivity index (χ3n) is 2.96. The number of hydrogen-bond donors (Lipinski definition) is 2. The fourth-order valence-electron chi connectivity index (χ4n) is 2.01. The molecule has 2 aromatic carbocycles. The van der Waals surface area contributed by atoms with Gasteiger partial charge in [0.1, 0.15) is 18.2 Å². The maximum atomic E-state index is 12.8. The highest BCUT2D eigenvalue weighted by Crippen LogP contribution is 2.22. The number of aromatic amines is 1. The first-order chi connectivity index (χ1) is 9.22. The van der Waals surface area contributed by atoms with Crippen molar-refractivity contribution in [2.75, 3.05) is 5.73 Å². The van der Waals surface area contributed by atoms with E-state index >= 15 is 0 Å². The van der Waals surface area contributed by atoms with Crippen LogP contribution in [0.1, 0.15) is 5.69 Å². The predicted molar refractivity (Wildman–Crippen MR) is 73.4 cm³/mol. The lowest BCUT2D eigenvalue weighted by Crippen LogP contribution is -1.95. The predicted octanol–water partition coefficient (Wildman–Crippen LogP) is 3.47. The Morgan fingerprint density at radius 2 is 1.89 bits per heavy atom. The van der Waals surface area contributed by atoms with Crippen LogP contribution in [0.2, 0.25) is 0 Å². The normalized spacial score (nSPS) is 10.8. The van der Waals surface area contributed by atoms with E-state index in [4.69, 9.17) is 10.5 Å². The Kier molecular flexibility index (Phi) is 2.83. The molecule has 0 bridgehead atoms. The topological polar surface area (TPSA) is 51.0 Å². The molecule has 4 heteroatoms. The molecule has 3 nitrogen and oxygen atoms in total. The standard InChI is InChI=1S/C15H13FN2O/c16-10-4-6-12(7-5-10)19-9-11-8-13-14(17)2-1-3-15(13)18-11/h1-8,18H,9,17H2. The van der Waals surface area contributed by atoms with Gasteiger partial charge >= 0.3 is 0 Å². The molecule has 0 saturated heterocycles. The van der Waals surface area contributed by atoms with Gasteiger partial charge in [0, 0.05) is 16.6 Å². The van der Waals surface area contributed by atoms with E-state index in [-0.39, 0.29) is 5.82 Å². The van der Waals surface area contributed by atoms with Gasteiger partial charge in [-0.25, -0.2) is 4.39 Å². The zero-order valence-corrected chi connectivity index (χ0v) is 10.2. The molecule has 0 spiro atoms. The first-order valence-electron chi connectivity index (χ1n) is 5.97. The van der Waals surface area contributed by atoms with Gasteiger partial charge in [-0.15, -0.1) is 0 Å². The monoisotopic (exact) mass is 256 g/mol. The molecule has 0 fully saturated rings. The number of halogens is 1. The van der Waals surface area contributed by atoms with Crippen molar-refractivity contribution in [3.05, 3.63) is 60.0 Å². The molecule has 0 saturated carbocycles. The number of aromatic nitrogens is 1. The van der Waals surface area contributed by atoms with Crippen molar-refractivity contribution >= 4 is 16.6 Å². The number of nitrogens with two attached hydrogens (primary N) is 1. The van der Waals surface area contributed by atoms with Crippen LogP contribution in [0.25, 0.3) is 10.9 Å². The zero-order valence-electron chi connectivity index (χ0n) is 10.2. The summed E-state index contributed by atoms with van der Waals surface area (Å²) in [7, 11) is 0. The largest absolute Gasteiger partial charge is 0.487 e. The first-order valence-corrected chi connectivity index (χ1v) is 5.97. The number of ether oxygens (including phenoxy) is 1. The second-order valence-electron chi connectivity index (χ2n) is 4.35. The lowest BCUT2D eigenvalue weighted by molar-refractivity contribution is 0.302. The molecule has 1 aromatic heterocycles. The molecule has 0 aliphatic carbocycles. The molecule has 0 atom stereocenters. The third kappa shape index (κ3) is 2.38. The molecular formula is C15H13FN2O. The molecule has 3 rings (SSSR count). The molecule has 0 radical (unpaired) electrons. The first kappa shape index (κ1) is 11.6. The summed E-state index contributed by atoms with van der Waals surface area (Å²) in [5.41, 5.74) is 8.54. The van der Waals surface area contributed by atoms with Gasteiger partial charge in [-0.2, -0.15) is 0 Å². The van der Waals surface area contributed by atoms with Crippen LogP contribution in [0.15, 0.2) is 48.5 Å². The van der Waals surface area contributed by atoms with Crippen molar-refractivity contribution in [2.24, 2.45) is 0 Å². The maximum absolute atomic E-state index is 12.8. The fourth-order valence-corrected chi connectivity index (χ4v) is 2.01. The van der Waals surface area contributed by atoms with Crippen LogP contribution >= 0.6 is 0 Å². The Balaban J connectivity index is 1.78. The van der Waals surface area contributed by atoms with Crippen LogP contribution in [0.3, 0.4) is 0 Å². The van der Waals surface area contributed by atoms with Crippen LogP contribution < -0.4 is 10.5 Å². The number of nitrogens with one attached hydrogen (secondary N) is 1. The highest BCUT2D eigenvalue weighted by Gasteiger charge is 2.04. The minimum atomic E-state index is -0.272. The summed E-state index contributed by atoms with van der Waals surface area (Å²) in [5, 5.41) is 0.986. The second-order valence-corrected chi connectivity index (χ2v) is 4.35. The minimum Gasteiger partial charge on any atom is -0.487 e. The number of anilines is 1. The number of benzene rings is 2. The van der Waals surface area contributed by atoms with E-state index in [1.807, 2.05) is 24.3 Å². The molecule has 0 aliphatic heterocycles. The summed E-state index contributed by atoms with van der Waals surface area (Å²) in [6.45, 7) is 0.389. The van der Waals surface area contributed by atoms with Crippen molar-refractivity contribution in [3.63, 3.8) is 0 Å². The molecule has 3 aromatic rings. The third-order valence-corrected chi connectivity index (χ3v) is 2.96. The Labute approximate surface area is 109 Å². The minimum absolute atomic E-state index is 0.272. The Bertz CT molecular complexity index is 704. The summed E-state index contributed by atoms with van der Waals surface area (Å²) in [5.74, 6) is 0.360. The van der Waals surface area contributed by atoms with Crippen molar-refractivity contribution in [1.29, 1.82) is 0 Å². The van der Waals surface area contributed by atoms with Gasteiger partial charge in [0.05, 0.1) is 5.69 Å². The number of fused-ring (bicyclic) bond motifs is 1. The van der Waals surface area contributed by atoms with Gasteiger partial charge in [-0.3, -0.25) is 0 Å². The van der Waals surface area contributed by atoms with Crippen LogP contribution in [0, 0.1) is 5.82 Å². The molecule has 1 heterocycles. The summed E-state index contributed by atoms with van der Waals surface area (Å²) < 4.78 is 18.3. The summed E-state index contributed by atoms with van der Waals surface area (Å²) in [6, 6.07) is 13.6. The van der Waals surface area contributed by atoms with Crippen molar-refractivity contribution in [3.8, 4) is 5.75 Å². The van der Waals surface area contributed by atoms with E-state index in [1.54, 1.807) is 12.1 Å². The number of rotatable bonds is 3. The number of hydrogen-bond acceptors (Lipinski definition) is 2. The van der Waals surface area contributed by atoms with E-state index < -0.39 is 0 Å². The molecule has 3 N–H and O–H groups in total. The molecule has 19 heavy (non-hydrogen) atoms. The summed E-state index contributed by atoms with van der Waals surface area (Å²) >= 11 is 0. The van der Waals surface area contributed by atoms with E-state index in [1.165, 1.54) is 12.1 Å². The van der Waals surface area contributed by atoms with Crippen LogP contribution in [-0.4, -0.2) is 4.98 Å². The van der Waals surface area contributed by atoms with Crippen molar-refractivity contribution < 1.29 is 9.13 Å². The summed E-state index contributed by atoms with van der Waals surface area (Å²) in [6.07, 6.45) is 0. The SMILES string of the molecule is Nc1cccc2[nH]c(COc3ccc(F)cc3)cc12. The second kappa shape index (κ2) is 4.65. The van der Waals surface area contributed by atoms with Gasteiger partial charge < -0.3 is 15.5 Å². The Morgan fingerprint density at radius 3 is 2.63 bits per heavy atom. The molecule has 0 amide bonds. The van der Waals surface area contributed by atoms with Gasteiger partial charge in [0.2, 0.25) is 0 Å². The van der Waals surface area contributed by atoms with Gasteiger partial charge in [0.15, 0.2) is 0 Å². The highest BCUT2D eigenvalue weighted by atomic mass is 19.1. The average Bonchev–Trinajstić information content (AvgIpc) is 2.83. The van der Waals surface area contributed by atoms with Crippen LogP contribution in [-0.2, 0) is 6.61 Å². The van der Waals surface area contributed by atoms with E-state index in [9.17, 15) is 4.39 Å². The van der Waals surface area contributed by atoms with Gasteiger partial charge in [0.25, 0.3) is 0 Å². The molecule has 0 aliphatic rings. The zero-order chi connectivity index (χ0) is 13.2. The van der Waals surface area contributed by atoms with Crippen LogP contribution in [0.4, 0.5) is 10.1 Å². The van der Waals surface area contributed by atoms with Gasteiger partial charge in [-0.1, -0.05) is 6.07 Å². The molecule has 0 unspecified atom stereocenters. The molecular weight excluding hydrogens is 243 g/mol. The summed E-state index contributed by atoms with van der Waals surface area (Å²) in [4.78, 5) is 3.24. The van der Waals surface area contributed by atoms with Gasteiger partial charge in [-0.05, 0) is 42.5 Å². The average molecular weight is 256 g/mol. The van der Waals surface area contributed by atoms with E-state index in [0.717, 1.165) is 22.3 Å². The number of H-pyrrole nitrogens is 1. The highest BCUT2D eigenvalue weighted by molar-refractivity contribution is 5.91. The van der Waals surface area contributed by atoms with E-state index in [0.29, 0.717) is 12.4 Å². The Morgan fingerprint density at radius 1 is 1.11 bits per heavy atom. The van der Waals surface area contributed by atoms with E-state index in [2.05, 4.69) is 4.98 Å². The van der Waals surface area contributed by atoms with Crippen LogP contribution in [0.5, 0.6) is 5.75 Å². The molecule has 96 valence electrons. The quantitative estimate of drug-likeness (QED) is 0.705. The smallest absolute Gasteiger partial charge is 0.128 e. The lowest BCUT2D eigenvalue weighted by Gasteiger charge is -2.03. The number of nitrogen functional groups attached to an aromatic ring is 1.